The maximum absolute atomic E-state index is 11.2. The van der Waals surface area contributed by atoms with E-state index in [1.807, 2.05) is 12.1 Å². The van der Waals surface area contributed by atoms with Crippen molar-refractivity contribution in [2.75, 3.05) is 13.2 Å². The molecule has 2 aromatic rings. The van der Waals surface area contributed by atoms with Gasteiger partial charge in [0, 0.05) is 5.57 Å². The molecule has 124 valence electrons. The first-order valence-electron chi connectivity index (χ1n) is 7.36. The maximum Gasteiger partial charge on any atom is 0.335 e. The number of esters is 1. The highest BCUT2D eigenvalue weighted by Gasteiger charge is 2.04. The summed E-state index contributed by atoms with van der Waals surface area (Å²) in [5.41, 5.74) is 2.48. The molecule has 0 heterocycles. The molecule has 1 N–H and O–H groups in total. The predicted molar refractivity (Wildman–Crippen MR) is 90.1 cm³/mol. The number of hydrogen-bond donors (Lipinski definition) is 1. The molecule has 5 heteroatoms. The average Bonchev–Trinajstić information content (AvgIpc) is 2.59. The highest BCUT2D eigenvalue weighted by molar-refractivity contribution is 5.88. The smallest absolute Gasteiger partial charge is 0.335 e. The Morgan fingerprint density at radius 1 is 0.958 bits per heavy atom. The molecule has 0 bridgehead atoms. The Labute approximate surface area is 140 Å². The predicted octanol–water partition coefficient (Wildman–Crippen LogP) is 3.55. The van der Waals surface area contributed by atoms with Crippen LogP contribution in [0.3, 0.4) is 0 Å². The monoisotopic (exact) mass is 326 g/mol. The van der Waals surface area contributed by atoms with E-state index >= 15 is 0 Å². The van der Waals surface area contributed by atoms with Crippen LogP contribution in [0, 0.1) is 0 Å². The second kappa shape index (κ2) is 7.97. The third-order valence-electron chi connectivity index (χ3n) is 3.25. The maximum atomic E-state index is 11.2. The van der Waals surface area contributed by atoms with E-state index in [9.17, 15) is 9.59 Å². The van der Waals surface area contributed by atoms with Gasteiger partial charge >= 0.3 is 11.9 Å². The van der Waals surface area contributed by atoms with E-state index in [1.165, 1.54) is 0 Å². The molecule has 5 nitrogen and oxygen atoms in total. The molecule has 0 spiro atoms. The molecule has 0 aliphatic carbocycles. The van der Waals surface area contributed by atoms with Gasteiger partial charge in [-0.05, 0) is 42.3 Å². The van der Waals surface area contributed by atoms with Crippen LogP contribution in [0.5, 0.6) is 5.75 Å². The van der Waals surface area contributed by atoms with Crippen LogP contribution in [0.25, 0.3) is 11.1 Å². The molecule has 2 rings (SSSR count). The number of carboxylic acids is 1. The molecule has 0 amide bonds. The van der Waals surface area contributed by atoms with Crippen molar-refractivity contribution in [1.29, 1.82) is 0 Å². The van der Waals surface area contributed by atoms with Gasteiger partial charge in [-0.2, -0.15) is 0 Å². The second-order valence-electron chi connectivity index (χ2n) is 5.17. The fourth-order valence-electron chi connectivity index (χ4n) is 1.97. The highest BCUT2D eigenvalue weighted by Crippen LogP contribution is 2.22. The van der Waals surface area contributed by atoms with E-state index in [2.05, 4.69) is 6.58 Å². The molecule has 0 unspecified atom stereocenters. The molecule has 0 aromatic heterocycles. The highest BCUT2D eigenvalue weighted by atomic mass is 16.6. The summed E-state index contributed by atoms with van der Waals surface area (Å²) in [6, 6.07) is 14.0. The van der Waals surface area contributed by atoms with Gasteiger partial charge in [0.1, 0.15) is 19.0 Å². The van der Waals surface area contributed by atoms with Crippen LogP contribution in [0.4, 0.5) is 0 Å². The summed E-state index contributed by atoms with van der Waals surface area (Å²) in [6.45, 7) is 5.50. The van der Waals surface area contributed by atoms with Crippen LogP contribution >= 0.6 is 0 Å². The molecule has 0 saturated carbocycles. The number of benzene rings is 2. The number of carboxylic acid groups (broad SMARTS) is 1. The normalized spacial score (nSPS) is 10.0. The van der Waals surface area contributed by atoms with Gasteiger partial charge < -0.3 is 14.6 Å². The minimum atomic E-state index is -0.947. The zero-order chi connectivity index (χ0) is 17.5. The van der Waals surface area contributed by atoms with Gasteiger partial charge in [-0.25, -0.2) is 9.59 Å². The Morgan fingerprint density at radius 2 is 1.50 bits per heavy atom. The van der Waals surface area contributed by atoms with E-state index in [-0.39, 0.29) is 18.8 Å². The Bertz CT molecular complexity index is 729. The average molecular weight is 326 g/mol. The van der Waals surface area contributed by atoms with Crippen molar-refractivity contribution in [3.63, 3.8) is 0 Å². The van der Waals surface area contributed by atoms with Gasteiger partial charge in [-0.3, -0.25) is 0 Å². The molecule has 0 saturated heterocycles. The summed E-state index contributed by atoms with van der Waals surface area (Å²) in [4.78, 5) is 22.1. The fourth-order valence-corrected chi connectivity index (χ4v) is 1.97. The second-order valence-corrected chi connectivity index (χ2v) is 5.17. The van der Waals surface area contributed by atoms with E-state index < -0.39 is 11.9 Å². The van der Waals surface area contributed by atoms with Crippen LogP contribution in [-0.4, -0.2) is 30.3 Å². The van der Waals surface area contributed by atoms with Crippen molar-refractivity contribution in [3.8, 4) is 16.9 Å². The number of hydrogen-bond acceptors (Lipinski definition) is 4. The Kier molecular flexibility index (Phi) is 5.73. The fraction of sp³-hybridized carbons (Fsp3) is 0.158. The molecular formula is C19H18O5. The zero-order valence-corrected chi connectivity index (χ0v) is 13.3. The van der Waals surface area contributed by atoms with Crippen molar-refractivity contribution in [2.45, 2.75) is 6.92 Å². The molecule has 0 fully saturated rings. The summed E-state index contributed by atoms with van der Waals surface area (Å²) in [7, 11) is 0. The van der Waals surface area contributed by atoms with Gasteiger partial charge in [0.05, 0.1) is 5.56 Å². The molecular weight excluding hydrogens is 308 g/mol. The Hall–Kier alpha value is -3.08. The summed E-state index contributed by atoms with van der Waals surface area (Å²) >= 11 is 0. The third kappa shape index (κ3) is 4.71. The lowest BCUT2D eigenvalue weighted by Gasteiger charge is -2.08. The topological polar surface area (TPSA) is 72.8 Å². The standard InChI is InChI=1S/C19H18O5/c1-13(2)19(22)24-12-11-23-17-9-7-15(8-10-17)14-3-5-16(6-4-14)18(20)21/h3-10H,1,11-12H2,2H3,(H,20,21). The van der Waals surface area contributed by atoms with E-state index in [0.29, 0.717) is 11.3 Å². The molecule has 0 radical (unpaired) electrons. The lowest BCUT2D eigenvalue weighted by atomic mass is 10.0. The Morgan fingerprint density at radius 3 is 2.00 bits per heavy atom. The van der Waals surface area contributed by atoms with Crippen molar-refractivity contribution in [1.82, 2.24) is 0 Å². The molecule has 24 heavy (non-hydrogen) atoms. The molecule has 0 atom stereocenters. The van der Waals surface area contributed by atoms with E-state index in [0.717, 1.165) is 11.1 Å². The van der Waals surface area contributed by atoms with Gasteiger partial charge in [-0.1, -0.05) is 30.8 Å². The summed E-state index contributed by atoms with van der Waals surface area (Å²) in [5.74, 6) is -0.719. The molecule has 0 aliphatic rings. The first kappa shape index (κ1) is 17.3. The number of aromatic carboxylic acids is 1. The van der Waals surface area contributed by atoms with Crippen LogP contribution in [0.1, 0.15) is 17.3 Å². The van der Waals surface area contributed by atoms with Crippen molar-refractivity contribution >= 4 is 11.9 Å². The van der Waals surface area contributed by atoms with Crippen molar-refractivity contribution in [2.24, 2.45) is 0 Å². The first-order valence-corrected chi connectivity index (χ1v) is 7.36. The zero-order valence-electron chi connectivity index (χ0n) is 13.3. The minimum Gasteiger partial charge on any atom is -0.490 e. The van der Waals surface area contributed by atoms with Gasteiger partial charge in [0.2, 0.25) is 0 Å². The van der Waals surface area contributed by atoms with Crippen molar-refractivity contribution < 1.29 is 24.2 Å². The molecule has 2 aromatic carbocycles. The lowest BCUT2D eigenvalue weighted by Crippen LogP contribution is -2.12. The summed E-state index contributed by atoms with van der Waals surface area (Å²) in [6.07, 6.45) is 0. The van der Waals surface area contributed by atoms with Gasteiger partial charge in [0.15, 0.2) is 0 Å². The SMILES string of the molecule is C=C(C)C(=O)OCCOc1ccc(-c2ccc(C(=O)O)cc2)cc1. The van der Waals surface area contributed by atoms with Gasteiger partial charge in [0.25, 0.3) is 0 Å². The molecule has 0 aliphatic heterocycles. The summed E-state index contributed by atoms with van der Waals surface area (Å²) in [5, 5.41) is 8.90. The number of rotatable bonds is 7. The van der Waals surface area contributed by atoms with Gasteiger partial charge in [-0.15, -0.1) is 0 Å². The van der Waals surface area contributed by atoms with Crippen molar-refractivity contribution in [3.05, 3.63) is 66.2 Å². The van der Waals surface area contributed by atoms with Crippen LogP contribution in [-0.2, 0) is 9.53 Å². The van der Waals surface area contributed by atoms with Crippen LogP contribution in [0.15, 0.2) is 60.7 Å². The quantitative estimate of drug-likeness (QED) is 0.478. The number of ether oxygens (including phenoxy) is 2. The Balaban J connectivity index is 1.89. The van der Waals surface area contributed by atoms with E-state index in [4.69, 9.17) is 14.6 Å². The van der Waals surface area contributed by atoms with Crippen LogP contribution < -0.4 is 4.74 Å². The first-order chi connectivity index (χ1) is 11.5. The minimum absolute atomic E-state index is 0.157. The summed E-state index contributed by atoms with van der Waals surface area (Å²) < 4.78 is 10.4. The van der Waals surface area contributed by atoms with Crippen LogP contribution in [0.2, 0.25) is 0 Å². The third-order valence-corrected chi connectivity index (χ3v) is 3.25. The van der Waals surface area contributed by atoms with E-state index in [1.54, 1.807) is 43.3 Å². The lowest BCUT2D eigenvalue weighted by molar-refractivity contribution is -0.139. The number of carbonyl (C=O) groups is 2. The number of carbonyl (C=O) groups excluding carboxylic acids is 1. The largest absolute Gasteiger partial charge is 0.490 e.